The van der Waals surface area contributed by atoms with Crippen LogP contribution in [0.1, 0.15) is 19.3 Å². The van der Waals surface area contributed by atoms with Crippen molar-refractivity contribution in [2.75, 3.05) is 11.6 Å². The summed E-state index contributed by atoms with van der Waals surface area (Å²) in [7, 11) is -3.86. The number of halogens is 1. The molecule has 1 aromatic rings. The van der Waals surface area contributed by atoms with E-state index in [1.807, 2.05) is 6.26 Å². The summed E-state index contributed by atoms with van der Waals surface area (Å²) in [5.41, 5.74) is 0.332. The van der Waals surface area contributed by atoms with Gasteiger partial charge in [-0.05, 0) is 37.3 Å². The molecule has 3 N–H and O–H groups in total. The monoisotopic (exact) mass is 304 g/mol. The second kappa shape index (κ2) is 5.68. The standard InChI is InChI=1S/C12H17FN2O2S2/c1-18-12-4-2-3-11(12)15-10-6-5-8(7-9(10)13)19(14,16)17/h5-7,11-12,15H,2-4H2,1H3,(H2,14,16,17). The van der Waals surface area contributed by atoms with Gasteiger partial charge in [-0.2, -0.15) is 11.8 Å². The van der Waals surface area contributed by atoms with E-state index in [1.54, 1.807) is 11.8 Å². The highest BCUT2D eigenvalue weighted by Gasteiger charge is 2.27. The third-order valence-corrected chi connectivity index (χ3v) is 5.45. The molecule has 4 nitrogen and oxygen atoms in total. The van der Waals surface area contributed by atoms with E-state index in [4.69, 9.17) is 5.14 Å². The van der Waals surface area contributed by atoms with Crippen LogP contribution in [-0.4, -0.2) is 26.0 Å². The van der Waals surface area contributed by atoms with Crippen LogP contribution in [0.4, 0.5) is 10.1 Å². The van der Waals surface area contributed by atoms with E-state index < -0.39 is 15.8 Å². The fourth-order valence-electron chi connectivity index (χ4n) is 2.36. The number of sulfonamides is 1. The first-order valence-corrected chi connectivity index (χ1v) is 8.87. The predicted molar refractivity (Wildman–Crippen MR) is 76.3 cm³/mol. The maximum absolute atomic E-state index is 13.9. The lowest BCUT2D eigenvalue weighted by Gasteiger charge is -2.20. The van der Waals surface area contributed by atoms with Crippen LogP contribution in [0.2, 0.25) is 0 Å². The van der Waals surface area contributed by atoms with Crippen molar-refractivity contribution >= 4 is 27.5 Å². The molecular weight excluding hydrogens is 287 g/mol. The first-order valence-electron chi connectivity index (χ1n) is 6.03. The molecule has 1 saturated carbocycles. The van der Waals surface area contributed by atoms with Crippen molar-refractivity contribution in [2.45, 2.75) is 35.4 Å². The molecule has 0 radical (unpaired) electrons. The minimum absolute atomic E-state index is 0.205. The van der Waals surface area contributed by atoms with Crippen LogP contribution in [0.3, 0.4) is 0 Å². The highest BCUT2D eigenvalue weighted by Crippen LogP contribution is 2.31. The summed E-state index contributed by atoms with van der Waals surface area (Å²) in [6.07, 6.45) is 5.29. The Morgan fingerprint density at radius 2 is 2.16 bits per heavy atom. The van der Waals surface area contributed by atoms with Gasteiger partial charge >= 0.3 is 0 Å². The van der Waals surface area contributed by atoms with Crippen LogP contribution >= 0.6 is 11.8 Å². The summed E-state index contributed by atoms with van der Waals surface area (Å²) in [6, 6.07) is 3.94. The Balaban J connectivity index is 2.18. The van der Waals surface area contributed by atoms with Gasteiger partial charge < -0.3 is 5.32 Å². The van der Waals surface area contributed by atoms with Crippen molar-refractivity contribution in [1.82, 2.24) is 0 Å². The lowest BCUT2D eigenvalue weighted by atomic mass is 10.2. The first-order chi connectivity index (χ1) is 8.91. The number of hydrogen-bond donors (Lipinski definition) is 2. The molecule has 2 unspecified atom stereocenters. The molecule has 1 aliphatic carbocycles. The van der Waals surface area contributed by atoms with Gasteiger partial charge in [0.05, 0.1) is 10.6 Å². The van der Waals surface area contributed by atoms with Crippen LogP contribution in [0.15, 0.2) is 23.1 Å². The smallest absolute Gasteiger partial charge is 0.238 e. The summed E-state index contributed by atoms with van der Waals surface area (Å²) in [4.78, 5) is -0.205. The molecule has 7 heteroatoms. The van der Waals surface area contributed by atoms with Gasteiger partial charge in [-0.3, -0.25) is 0 Å². The van der Waals surface area contributed by atoms with Crippen LogP contribution < -0.4 is 10.5 Å². The third-order valence-electron chi connectivity index (χ3n) is 3.37. The molecular formula is C12H17FN2O2S2. The highest BCUT2D eigenvalue weighted by atomic mass is 32.2. The number of rotatable bonds is 4. The lowest BCUT2D eigenvalue weighted by Crippen LogP contribution is -2.26. The lowest BCUT2D eigenvalue weighted by molar-refractivity contribution is 0.592. The largest absolute Gasteiger partial charge is 0.379 e. The molecule has 0 amide bonds. The molecule has 0 spiro atoms. The van der Waals surface area contributed by atoms with Gasteiger partial charge in [0.15, 0.2) is 0 Å². The van der Waals surface area contributed by atoms with Gasteiger partial charge in [-0.15, -0.1) is 0 Å². The second-order valence-corrected chi connectivity index (χ2v) is 7.28. The van der Waals surface area contributed by atoms with E-state index in [2.05, 4.69) is 5.32 Å². The molecule has 2 atom stereocenters. The molecule has 2 rings (SSSR count). The zero-order chi connectivity index (χ0) is 14.0. The summed E-state index contributed by atoms with van der Waals surface area (Å²) in [6.45, 7) is 0. The molecule has 19 heavy (non-hydrogen) atoms. The van der Waals surface area contributed by atoms with Gasteiger partial charge in [-0.25, -0.2) is 17.9 Å². The number of hydrogen-bond acceptors (Lipinski definition) is 4. The highest BCUT2D eigenvalue weighted by molar-refractivity contribution is 7.99. The average molecular weight is 304 g/mol. The van der Waals surface area contributed by atoms with Gasteiger partial charge in [0.25, 0.3) is 0 Å². The summed E-state index contributed by atoms with van der Waals surface area (Å²) < 4.78 is 36.1. The van der Waals surface area contributed by atoms with Crippen molar-refractivity contribution in [3.8, 4) is 0 Å². The number of nitrogens with two attached hydrogens (primary N) is 1. The van der Waals surface area contributed by atoms with Crippen molar-refractivity contribution in [1.29, 1.82) is 0 Å². The number of nitrogens with one attached hydrogen (secondary N) is 1. The summed E-state index contributed by atoms with van der Waals surface area (Å²) in [5, 5.41) is 8.59. The second-order valence-electron chi connectivity index (χ2n) is 4.64. The molecule has 0 aromatic heterocycles. The number of thioether (sulfide) groups is 1. The molecule has 1 aliphatic rings. The maximum atomic E-state index is 13.9. The topological polar surface area (TPSA) is 72.2 Å². The SMILES string of the molecule is CSC1CCCC1Nc1ccc(S(N)(=O)=O)cc1F. The molecule has 0 heterocycles. The van der Waals surface area contributed by atoms with Gasteiger partial charge in [0.2, 0.25) is 10.0 Å². The van der Waals surface area contributed by atoms with Gasteiger partial charge in [0.1, 0.15) is 5.82 Å². The molecule has 0 bridgehead atoms. The van der Waals surface area contributed by atoms with Crippen molar-refractivity contribution < 1.29 is 12.8 Å². The predicted octanol–water partition coefficient (Wildman–Crippen LogP) is 2.17. The molecule has 0 saturated heterocycles. The minimum Gasteiger partial charge on any atom is -0.379 e. The molecule has 0 aliphatic heterocycles. The number of benzene rings is 1. The minimum atomic E-state index is -3.86. The Kier molecular flexibility index (Phi) is 4.37. The zero-order valence-corrected chi connectivity index (χ0v) is 12.2. The Bertz CT molecular complexity index is 563. The Morgan fingerprint density at radius 3 is 2.74 bits per heavy atom. The Labute approximate surface area is 117 Å². The average Bonchev–Trinajstić information content (AvgIpc) is 2.77. The summed E-state index contributed by atoms with van der Waals surface area (Å²) >= 11 is 1.77. The fraction of sp³-hybridized carbons (Fsp3) is 0.500. The van der Waals surface area contributed by atoms with Crippen molar-refractivity contribution in [3.05, 3.63) is 24.0 Å². The first kappa shape index (κ1) is 14.6. The van der Waals surface area contributed by atoms with E-state index in [-0.39, 0.29) is 10.9 Å². The van der Waals surface area contributed by atoms with E-state index >= 15 is 0 Å². The van der Waals surface area contributed by atoms with Crippen molar-refractivity contribution in [3.63, 3.8) is 0 Å². The van der Waals surface area contributed by atoms with Crippen LogP contribution in [0.25, 0.3) is 0 Å². The Hall–Kier alpha value is -0.790. The molecule has 106 valence electrons. The van der Waals surface area contributed by atoms with Crippen LogP contribution in [0.5, 0.6) is 0 Å². The van der Waals surface area contributed by atoms with E-state index in [9.17, 15) is 12.8 Å². The normalized spacial score (nSPS) is 23.5. The van der Waals surface area contributed by atoms with Gasteiger partial charge in [-0.1, -0.05) is 6.42 Å². The summed E-state index contributed by atoms with van der Waals surface area (Å²) in [5.74, 6) is -0.585. The molecule has 1 aromatic carbocycles. The van der Waals surface area contributed by atoms with Gasteiger partial charge in [0, 0.05) is 11.3 Å². The Morgan fingerprint density at radius 1 is 1.42 bits per heavy atom. The number of anilines is 1. The zero-order valence-electron chi connectivity index (χ0n) is 10.6. The van der Waals surface area contributed by atoms with Crippen LogP contribution in [-0.2, 0) is 10.0 Å². The van der Waals surface area contributed by atoms with Crippen molar-refractivity contribution in [2.24, 2.45) is 5.14 Å². The number of primary sulfonamides is 1. The fourth-order valence-corrected chi connectivity index (χ4v) is 3.82. The molecule has 1 fully saturated rings. The third kappa shape index (κ3) is 3.40. The van der Waals surface area contributed by atoms with E-state index in [0.717, 1.165) is 25.3 Å². The quantitative estimate of drug-likeness (QED) is 0.894. The maximum Gasteiger partial charge on any atom is 0.238 e. The van der Waals surface area contributed by atoms with Crippen LogP contribution in [0, 0.1) is 5.82 Å². The van der Waals surface area contributed by atoms with E-state index in [0.29, 0.717) is 10.9 Å². The van der Waals surface area contributed by atoms with E-state index in [1.165, 1.54) is 12.1 Å².